The van der Waals surface area contributed by atoms with Crippen molar-refractivity contribution in [2.24, 2.45) is 0 Å². The molecular weight excluding hydrogens is 289 g/mol. The van der Waals surface area contributed by atoms with Gasteiger partial charge in [0.15, 0.2) is 6.61 Å². The zero-order valence-electron chi connectivity index (χ0n) is 11.1. The monoisotopic (exact) mass is 305 g/mol. The van der Waals surface area contributed by atoms with Gasteiger partial charge in [-0.25, -0.2) is 0 Å². The third-order valence-corrected chi connectivity index (χ3v) is 3.04. The summed E-state index contributed by atoms with van der Waals surface area (Å²) < 4.78 is 5.32. The lowest BCUT2D eigenvalue weighted by Crippen LogP contribution is -2.41. The van der Waals surface area contributed by atoms with Gasteiger partial charge in [0.1, 0.15) is 5.75 Å². The van der Waals surface area contributed by atoms with Crippen LogP contribution in [0, 0.1) is 0 Å². The van der Waals surface area contributed by atoms with Crippen LogP contribution in [0.5, 0.6) is 5.75 Å². The minimum Gasteiger partial charge on any atom is -0.484 e. The molecule has 1 aromatic carbocycles. The zero-order chi connectivity index (χ0) is 14.6. The lowest BCUT2D eigenvalue weighted by Gasteiger charge is -2.25. The van der Waals surface area contributed by atoms with E-state index in [0.29, 0.717) is 15.8 Å². The molecule has 0 bridgehead atoms. The van der Waals surface area contributed by atoms with Crippen LogP contribution < -0.4 is 4.74 Å². The topological polar surface area (TPSA) is 49.8 Å². The van der Waals surface area contributed by atoms with E-state index in [0.717, 1.165) is 0 Å². The Hall–Kier alpha value is -0.970. The van der Waals surface area contributed by atoms with Gasteiger partial charge in [0.25, 0.3) is 5.91 Å². The van der Waals surface area contributed by atoms with Gasteiger partial charge in [0.2, 0.25) is 0 Å². The van der Waals surface area contributed by atoms with Gasteiger partial charge in [0.05, 0.1) is 15.6 Å². The number of benzene rings is 1. The van der Waals surface area contributed by atoms with Crippen LogP contribution >= 0.6 is 23.2 Å². The number of rotatable bonds is 5. The Labute approximate surface area is 122 Å². The minimum absolute atomic E-state index is 0.120. The number of hydrogen-bond acceptors (Lipinski definition) is 3. The van der Waals surface area contributed by atoms with E-state index < -0.39 is 5.60 Å². The van der Waals surface area contributed by atoms with E-state index in [-0.39, 0.29) is 19.1 Å². The normalized spacial score (nSPS) is 11.3. The number of nitrogens with zero attached hydrogens (tertiary/aromatic N) is 1. The Morgan fingerprint density at radius 2 is 2.00 bits per heavy atom. The number of likely N-dealkylation sites (N-methyl/N-ethyl adjacent to an activating group) is 1. The molecule has 0 heterocycles. The second kappa shape index (κ2) is 6.46. The van der Waals surface area contributed by atoms with E-state index >= 15 is 0 Å². The van der Waals surface area contributed by atoms with Gasteiger partial charge in [0, 0.05) is 19.7 Å². The Bertz CT molecular complexity index is 458. The summed E-state index contributed by atoms with van der Waals surface area (Å²) in [7, 11) is 1.61. The summed E-state index contributed by atoms with van der Waals surface area (Å²) in [5.74, 6) is 0.243. The third kappa shape index (κ3) is 5.68. The first-order chi connectivity index (χ1) is 8.69. The van der Waals surface area contributed by atoms with Gasteiger partial charge >= 0.3 is 0 Å². The van der Waals surface area contributed by atoms with Crippen LogP contribution in [-0.4, -0.2) is 41.7 Å². The van der Waals surface area contributed by atoms with Gasteiger partial charge in [-0.1, -0.05) is 23.2 Å². The van der Waals surface area contributed by atoms with E-state index in [1.165, 1.54) is 4.90 Å². The molecule has 1 N–H and O–H groups in total. The molecule has 1 aromatic rings. The quantitative estimate of drug-likeness (QED) is 0.909. The molecule has 0 spiro atoms. The summed E-state index contributed by atoms with van der Waals surface area (Å²) in [6, 6.07) is 4.79. The highest BCUT2D eigenvalue weighted by Crippen LogP contribution is 2.26. The molecule has 0 aliphatic carbocycles. The number of carbonyl (C=O) groups excluding carboxylic acids is 1. The molecular formula is C13H17Cl2NO3. The number of ether oxygens (including phenoxy) is 1. The molecule has 4 nitrogen and oxygen atoms in total. The first-order valence-electron chi connectivity index (χ1n) is 5.73. The summed E-state index contributed by atoms with van der Waals surface area (Å²) in [5.41, 5.74) is -0.937. The number of aliphatic hydroxyl groups is 1. The average molecular weight is 306 g/mol. The van der Waals surface area contributed by atoms with Gasteiger partial charge in [-0.05, 0) is 26.0 Å². The molecule has 0 saturated heterocycles. The standard InChI is InChI=1S/C13H17Cl2NO3/c1-13(2,18)8-16(3)12(17)7-19-9-4-5-10(14)11(15)6-9/h4-6,18H,7-8H2,1-3H3. The molecule has 0 unspecified atom stereocenters. The van der Waals surface area contributed by atoms with Crippen LogP contribution in [0.4, 0.5) is 0 Å². The Morgan fingerprint density at radius 1 is 1.37 bits per heavy atom. The highest BCUT2D eigenvalue weighted by atomic mass is 35.5. The minimum atomic E-state index is -0.937. The molecule has 1 amide bonds. The van der Waals surface area contributed by atoms with Crippen molar-refractivity contribution in [3.63, 3.8) is 0 Å². The second-order valence-corrected chi connectivity index (χ2v) is 5.74. The number of amides is 1. The van der Waals surface area contributed by atoms with Crippen LogP contribution in [0.3, 0.4) is 0 Å². The molecule has 0 aliphatic heterocycles. The number of hydrogen-bond donors (Lipinski definition) is 1. The maximum atomic E-state index is 11.8. The van der Waals surface area contributed by atoms with Crippen molar-refractivity contribution < 1.29 is 14.6 Å². The molecule has 19 heavy (non-hydrogen) atoms. The van der Waals surface area contributed by atoms with Crippen LogP contribution in [-0.2, 0) is 4.79 Å². The van der Waals surface area contributed by atoms with Crippen molar-refractivity contribution in [3.8, 4) is 5.75 Å². The van der Waals surface area contributed by atoms with Crippen LogP contribution in [0.2, 0.25) is 10.0 Å². The van der Waals surface area contributed by atoms with E-state index in [1.807, 2.05) is 0 Å². The predicted octanol–water partition coefficient (Wildman–Crippen LogP) is 2.60. The molecule has 106 valence electrons. The molecule has 0 saturated carbocycles. The third-order valence-electron chi connectivity index (χ3n) is 2.30. The highest BCUT2D eigenvalue weighted by molar-refractivity contribution is 6.42. The molecule has 0 aliphatic rings. The van der Waals surface area contributed by atoms with E-state index in [9.17, 15) is 9.90 Å². The van der Waals surface area contributed by atoms with Crippen LogP contribution in [0.1, 0.15) is 13.8 Å². The number of carbonyl (C=O) groups is 1. The van der Waals surface area contributed by atoms with Crippen LogP contribution in [0.25, 0.3) is 0 Å². The summed E-state index contributed by atoms with van der Waals surface area (Å²) in [5, 5.41) is 10.4. The van der Waals surface area contributed by atoms with Crippen molar-refractivity contribution in [1.29, 1.82) is 0 Å². The van der Waals surface area contributed by atoms with Crippen LogP contribution in [0.15, 0.2) is 18.2 Å². The SMILES string of the molecule is CN(CC(C)(C)O)C(=O)COc1ccc(Cl)c(Cl)c1. The fraction of sp³-hybridized carbons (Fsp3) is 0.462. The van der Waals surface area contributed by atoms with Gasteiger partial charge in [-0.3, -0.25) is 4.79 Å². The Morgan fingerprint density at radius 3 is 2.53 bits per heavy atom. The fourth-order valence-corrected chi connectivity index (χ4v) is 1.78. The van der Waals surface area contributed by atoms with Gasteiger partial charge < -0.3 is 14.7 Å². The van der Waals surface area contributed by atoms with Gasteiger partial charge in [-0.2, -0.15) is 0 Å². The fourth-order valence-electron chi connectivity index (χ4n) is 1.49. The molecule has 0 atom stereocenters. The summed E-state index contributed by atoms with van der Waals surface area (Å²) in [4.78, 5) is 13.2. The van der Waals surface area contributed by atoms with Gasteiger partial charge in [-0.15, -0.1) is 0 Å². The van der Waals surface area contributed by atoms with Crippen molar-refractivity contribution in [1.82, 2.24) is 4.90 Å². The summed E-state index contributed by atoms with van der Waals surface area (Å²) in [6.07, 6.45) is 0. The summed E-state index contributed by atoms with van der Waals surface area (Å²) >= 11 is 11.6. The molecule has 0 radical (unpaired) electrons. The van der Waals surface area contributed by atoms with Crippen molar-refractivity contribution in [2.45, 2.75) is 19.4 Å². The molecule has 0 aromatic heterocycles. The first-order valence-corrected chi connectivity index (χ1v) is 6.49. The van der Waals surface area contributed by atoms with Crippen molar-refractivity contribution >= 4 is 29.1 Å². The Kier molecular flexibility index (Phi) is 5.47. The predicted molar refractivity (Wildman–Crippen MR) is 75.9 cm³/mol. The van der Waals surface area contributed by atoms with Crippen molar-refractivity contribution in [3.05, 3.63) is 28.2 Å². The highest BCUT2D eigenvalue weighted by Gasteiger charge is 2.19. The van der Waals surface area contributed by atoms with Crippen molar-refractivity contribution in [2.75, 3.05) is 20.2 Å². The maximum Gasteiger partial charge on any atom is 0.260 e. The second-order valence-electron chi connectivity index (χ2n) is 4.93. The molecule has 0 fully saturated rings. The lowest BCUT2D eigenvalue weighted by atomic mass is 10.1. The zero-order valence-corrected chi connectivity index (χ0v) is 12.6. The smallest absolute Gasteiger partial charge is 0.260 e. The number of halogens is 2. The molecule has 6 heteroatoms. The first kappa shape index (κ1) is 16.1. The average Bonchev–Trinajstić information content (AvgIpc) is 2.28. The lowest BCUT2D eigenvalue weighted by molar-refractivity contribution is -0.134. The summed E-state index contributed by atoms with van der Waals surface area (Å²) in [6.45, 7) is 3.38. The van der Waals surface area contributed by atoms with E-state index in [4.69, 9.17) is 27.9 Å². The van der Waals surface area contributed by atoms with E-state index in [1.54, 1.807) is 39.1 Å². The van der Waals surface area contributed by atoms with E-state index in [2.05, 4.69) is 0 Å². The maximum absolute atomic E-state index is 11.8. The largest absolute Gasteiger partial charge is 0.484 e. The Balaban J connectivity index is 2.52. The molecule has 1 rings (SSSR count).